The summed E-state index contributed by atoms with van der Waals surface area (Å²) in [6, 6.07) is 8.57. The van der Waals surface area contributed by atoms with Gasteiger partial charge in [-0.15, -0.1) is 0 Å². The maximum absolute atomic E-state index is 12.0. The smallest absolute Gasteiger partial charge is 0.410 e. The topological polar surface area (TPSA) is 41.6 Å². The molecule has 1 aromatic carbocycles. The number of nitrogens with zero attached hydrogens (tertiary/aromatic N) is 1. The van der Waals surface area contributed by atoms with Crippen molar-refractivity contribution in [3.63, 3.8) is 0 Å². The van der Waals surface area contributed by atoms with Gasteiger partial charge in [0.2, 0.25) is 0 Å². The van der Waals surface area contributed by atoms with Gasteiger partial charge in [0.15, 0.2) is 0 Å². The number of amides is 1. The number of benzene rings is 1. The summed E-state index contributed by atoms with van der Waals surface area (Å²) in [6.45, 7) is 11.3. The highest BCUT2D eigenvalue weighted by Crippen LogP contribution is 2.29. The molecule has 0 bridgehead atoms. The highest BCUT2D eigenvalue weighted by molar-refractivity contribution is 5.68. The number of piperidine rings is 1. The molecule has 0 radical (unpaired) electrons. The van der Waals surface area contributed by atoms with Crippen LogP contribution in [0.4, 0.5) is 10.5 Å². The van der Waals surface area contributed by atoms with Crippen LogP contribution in [0.15, 0.2) is 24.3 Å². The molecular formula is C19H32N2O2. The lowest BCUT2D eigenvalue weighted by molar-refractivity contribution is 0.0205. The van der Waals surface area contributed by atoms with Gasteiger partial charge in [0.05, 0.1) is 0 Å². The minimum atomic E-state index is -0.420. The Hall–Kier alpha value is -1.71. The molecule has 0 aromatic heterocycles. The van der Waals surface area contributed by atoms with Crippen LogP contribution >= 0.6 is 0 Å². The second-order valence-electron chi connectivity index (χ2n) is 6.61. The molecular weight excluding hydrogens is 288 g/mol. The van der Waals surface area contributed by atoms with Crippen LogP contribution in [0.25, 0.3) is 0 Å². The fourth-order valence-electron chi connectivity index (χ4n) is 2.64. The van der Waals surface area contributed by atoms with Gasteiger partial charge in [-0.3, -0.25) is 0 Å². The lowest BCUT2D eigenvalue weighted by Gasteiger charge is -2.33. The molecule has 1 saturated heterocycles. The van der Waals surface area contributed by atoms with Gasteiger partial charge in [-0.1, -0.05) is 26.0 Å². The van der Waals surface area contributed by atoms with E-state index in [2.05, 4.69) is 29.6 Å². The van der Waals surface area contributed by atoms with Crippen LogP contribution < -0.4 is 5.32 Å². The predicted octanol–water partition coefficient (Wildman–Crippen LogP) is 4.87. The lowest BCUT2D eigenvalue weighted by Crippen LogP contribution is -2.41. The van der Waals surface area contributed by atoms with E-state index in [1.54, 1.807) is 0 Å². The molecule has 1 aromatic rings. The maximum Gasteiger partial charge on any atom is 0.410 e. The number of hydrogen-bond acceptors (Lipinski definition) is 3. The van der Waals surface area contributed by atoms with Crippen molar-refractivity contribution in [2.24, 2.45) is 0 Å². The molecule has 23 heavy (non-hydrogen) atoms. The molecule has 0 aliphatic carbocycles. The molecule has 1 aliphatic rings. The van der Waals surface area contributed by atoms with Crippen molar-refractivity contribution in [1.82, 2.24) is 4.90 Å². The van der Waals surface area contributed by atoms with Crippen LogP contribution in [-0.2, 0) is 4.74 Å². The summed E-state index contributed by atoms with van der Waals surface area (Å²) in [7, 11) is 1.92. The first-order chi connectivity index (χ1) is 10.9. The average molecular weight is 320 g/mol. The minimum absolute atomic E-state index is 0.188. The van der Waals surface area contributed by atoms with E-state index < -0.39 is 5.60 Å². The molecule has 130 valence electrons. The summed E-state index contributed by atoms with van der Waals surface area (Å²) < 4.78 is 5.43. The molecule has 2 rings (SSSR count). The molecule has 0 saturated carbocycles. The van der Waals surface area contributed by atoms with Crippen molar-refractivity contribution >= 4 is 11.8 Å². The third-order valence-corrected chi connectivity index (χ3v) is 3.82. The van der Waals surface area contributed by atoms with E-state index in [9.17, 15) is 4.79 Å². The zero-order valence-corrected chi connectivity index (χ0v) is 15.5. The second kappa shape index (κ2) is 8.80. The number of likely N-dealkylation sites (tertiary alicyclic amines) is 1. The summed E-state index contributed by atoms with van der Waals surface area (Å²) in [5, 5.41) is 3.13. The van der Waals surface area contributed by atoms with E-state index >= 15 is 0 Å². The molecule has 0 spiro atoms. The number of anilines is 1. The molecule has 4 heteroatoms. The van der Waals surface area contributed by atoms with Gasteiger partial charge in [0.25, 0.3) is 0 Å². The molecule has 0 unspecified atom stereocenters. The fourth-order valence-corrected chi connectivity index (χ4v) is 2.64. The summed E-state index contributed by atoms with van der Waals surface area (Å²) in [5.74, 6) is 0.537. The Kier molecular flexibility index (Phi) is 7.40. The van der Waals surface area contributed by atoms with Gasteiger partial charge in [-0.05, 0) is 57.2 Å². The highest BCUT2D eigenvalue weighted by Gasteiger charge is 2.27. The number of rotatable bonds is 2. The zero-order chi connectivity index (χ0) is 17.5. The van der Waals surface area contributed by atoms with E-state index in [4.69, 9.17) is 4.74 Å². The molecule has 1 N–H and O–H groups in total. The van der Waals surface area contributed by atoms with Crippen LogP contribution in [0.2, 0.25) is 0 Å². The zero-order valence-electron chi connectivity index (χ0n) is 15.5. The molecule has 0 atom stereocenters. The molecule has 1 heterocycles. The lowest BCUT2D eigenvalue weighted by atomic mass is 9.89. The number of hydrogen-bond donors (Lipinski definition) is 1. The van der Waals surface area contributed by atoms with Gasteiger partial charge >= 0.3 is 6.09 Å². The normalized spacial score (nSPS) is 15.5. The largest absolute Gasteiger partial charge is 0.444 e. The maximum atomic E-state index is 12.0. The van der Waals surface area contributed by atoms with Crippen LogP contribution in [0, 0.1) is 0 Å². The Balaban J connectivity index is 0.00000127. The quantitative estimate of drug-likeness (QED) is 0.845. The van der Waals surface area contributed by atoms with Gasteiger partial charge in [-0.25, -0.2) is 4.79 Å². The fraction of sp³-hybridized carbons (Fsp3) is 0.632. The van der Waals surface area contributed by atoms with Crippen LogP contribution in [0.5, 0.6) is 0 Å². The van der Waals surface area contributed by atoms with E-state index in [0.717, 1.165) is 31.6 Å². The number of ether oxygens (including phenoxy) is 1. The molecule has 1 aliphatic heterocycles. The van der Waals surface area contributed by atoms with Gasteiger partial charge < -0.3 is 15.0 Å². The van der Waals surface area contributed by atoms with Gasteiger partial charge in [0.1, 0.15) is 5.60 Å². The van der Waals surface area contributed by atoms with E-state index in [0.29, 0.717) is 5.92 Å². The highest BCUT2D eigenvalue weighted by atomic mass is 16.6. The van der Waals surface area contributed by atoms with Gasteiger partial charge in [-0.2, -0.15) is 0 Å². The second-order valence-corrected chi connectivity index (χ2v) is 6.61. The summed E-state index contributed by atoms with van der Waals surface area (Å²) in [5.41, 5.74) is 2.07. The Morgan fingerprint density at radius 3 is 2.09 bits per heavy atom. The monoisotopic (exact) mass is 320 g/mol. The first-order valence-corrected chi connectivity index (χ1v) is 8.64. The van der Waals surface area contributed by atoms with Crippen molar-refractivity contribution in [3.8, 4) is 0 Å². The Labute approximate surface area is 141 Å². The van der Waals surface area contributed by atoms with Crippen molar-refractivity contribution in [2.75, 3.05) is 25.5 Å². The van der Waals surface area contributed by atoms with Crippen LogP contribution in [0.1, 0.15) is 58.9 Å². The molecule has 4 nitrogen and oxygen atoms in total. The Morgan fingerprint density at radius 2 is 1.65 bits per heavy atom. The van der Waals surface area contributed by atoms with Crippen LogP contribution in [0.3, 0.4) is 0 Å². The van der Waals surface area contributed by atoms with Crippen molar-refractivity contribution < 1.29 is 9.53 Å². The summed E-state index contributed by atoms with van der Waals surface area (Å²) in [4.78, 5) is 13.9. The number of carbonyl (C=O) groups excluding carboxylic acids is 1. The first-order valence-electron chi connectivity index (χ1n) is 8.64. The third-order valence-electron chi connectivity index (χ3n) is 3.82. The van der Waals surface area contributed by atoms with E-state index in [1.807, 2.05) is 46.6 Å². The van der Waals surface area contributed by atoms with E-state index in [1.165, 1.54) is 5.56 Å². The van der Waals surface area contributed by atoms with Crippen molar-refractivity contribution in [2.45, 2.75) is 59.0 Å². The van der Waals surface area contributed by atoms with Crippen molar-refractivity contribution in [1.29, 1.82) is 0 Å². The average Bonchev–Trinajstić information content (AvgIpc) is 2.55. The number of nitrogens with one attached hydrogen (secondary N) is 1. The number of carbonyl (C=O) groups is 1. The minimum Gasteiger partial charge on any atom is -0.444 e. The first kappa shape index (κ1) is 19.3. The molecule has 1 amide bonds. The summed E-state index contributed by atoms with van der Waals surface area (Å²) in [6.07, 6.45) is 1.81. The van der Waals surface area contributed by atoms with Crippen LogP contribution in [-0.4, -0.2) is 36.7 Å². The summed E-state index contributed by atoms with van der Waals surface area (Å²) >= 11 is 0. The SMILES string of the molecule is CC.CNc1ccc(C2CCN(C(=O)OC(C)(C)C)CC2)cc1. The standard InChI is InChI=1S/C17H26N2O2.C2H6/c1-17(2,3)21-16(20)19-11-9-14(10-12-19)13-5-7-15(18-4)8-6-13;1-2/h5-8,14,18H,9-12H2,1-4H3;1-2H3. The van der Waals surface area contributed by atoms with Crippen molar-refractivity contribution in [3.05, 3.63) is 29.8 Å². The molecule has 1 fully saturated rings. The predicted molar refractivity (Wildman–Crippen MR) is 97.1 cm³/mol. The van der Waals surface area contributed by atoms with E-state index in [-0.39, 0.29) is 6.09 Å². The Bertz CT molecular complexity index is 469. The van der Waals surface area contributed by atoms with Gasteiger partial charge in [0, 0.05) is 25.8 Å². The Morgan fingerprint density at radius 1 is 1.13 bits per heavy atom. The third kappa shape index (κ3) is 6.12.